The van der Waals surface area contributed by atoms with Crippen LogP contribution in [-0.4, -0.2) is 42.6 Å². The zero-order valence-corrected chi connectivity index (χ0v) is 14.0. The van der Waals surface area contributed by atoms with Crippen molar-refractivity contribution in [1.29, 1.82) is 0 Å². The summed E-state index contributed by atoms with van der Waals surface area (Å²) in [6, 6.07) is 9.80. The van der Waals surface area contributed by atoms with Gasteiger partial charge in [-0.15, -0.1) is 0 Å². The normalized spacial score (nSPS) is 17.2. The lowest BCUT2D eigenvalue weighted by Gasteiger charge is -2.51. The summed E-state index contributed by atoms with van der Waals surface area (Å²) in [5.41, 5.74) is -0.214. The van der Waals surface area contributed by atoms with Gasteiger partial charge >= 0.3 is 12.4 Å². The molecule has 0 saturated carbocycles. The van der Waals surface area contributed by atoms with Crippen LogP contribution in [0.3, 0.4) is 0 Å². The maximum atomic E-state index is 12.0. The molecular weight excluding hydrogens is 294 g/mol. The molecule has 5 nitrogen and oxygen atoms in total. The Bertz CT molecular complexity index is 535. The van der Waals surface area contributed by atoms with Crippen LogP contribution in [0.2, 0.25) is 0 Å². The van der Waals surface area contributed by atoms with Crippen molar-refractivity contribution in [3.63, 3.8) is 0 Å². The third kappa shape index (κ3) is 4.32. The average Bonchev–Trinajstić information content (AvgIpc) is 2.45. The maximum Gasteiger partial charge on any atom is 0.418 e. The Kier molecular flexibility index (Phi) is 5.42. The lowest BCUT2D eigenvalue weighted by atomic mass is 9.84. The lowest BCUT2D eigenvalue weighted by Crippen LogP contribution is -2.63. The molecule has 0 amide bonds. The molecule has 5 heteroatoms. The highest BCUT2D eigenvalue weighted by atomic mass is 16.6. The van der Waals surface area contributed by atoms with E-state index in [1.54, 1.807) is 0 Å². The second-order valence-corrected chi connectivity index (χ2v) is 6.67. The fraction of sp³-hybridized carbons (Fsp3) is 0.556. The molecule has 0 spiro atoms. The number of carbonyl (C=O) groups is 1. The smallest absolute Gasteiger partial charge is 0.418 e. The molecule has 1 radical (unpaired) electrons. The highest BCUT2D eigenvalue weighted by Crippen LogP contribution is 2.37. The van der Waals surface area contributed by atoms with Gasteiger partial charge < -0.3 is 9.47 Å². The van der Waals surface area contributed by atoms with E-state index in [4.69, 9.17) is 9.47 Å². The number of esters is 1. The minimum atomic E-state index is -0.613. The van der Waals surface area contributed by atoms with E-state index in [0.717, 1.165) is 12.0 Å². The molecule has 1 aromatic rings. The van der Waals surface area contributed by atoms with E-state index in [1.807, 2.05) is 51.1 Å². The van der Waals surface area contributed by atoms with Gasteiger partial charge in [0.25, 0.3) is 0 Å². The molecule has 1 aromatic carbocycles. The van der Waals surface area contributed by atoms with Crippen LogP contribution in [0.4, 0.5) is 0 Å². The van der Waals surface area contributed by atoms with Crippen LogP contribution in [0.1, 0.15) is 39.2 Å². The largest absolute Gasteiger partial charge is 0.451 e. The predicted molar refractivity (Wildman–Crippen MR) is 86.4 cm³/mol. The van der Waals surface area contributed by atoms with Gasteiger partial charge in [-0.05, 0) is 25.8 Å². The van der Waals surface area contributed by atoms with Crippen LogP contribution in [0.25, 0.3) is 0 Å². The Morgan fingerprint density at radius 1 is 1.30 bits per heavy atom. The number of nitrogens with zero attached hydrogens (tertiary/aromatic N) is 1. The number of carbonyl (C=O) groups excluding carboxylic acids is 2. The van der Waals surface area contributed by atoms with Crippen LogP contribution in [0.15, 0.2) is 30.3 Å². The Morgan fingerprint density at radius 2 is 1.96 bits per heavy atom. The van der Waals surface area contributed by atoms with Crippen molar-refractivity contribution in [1.82, 2.24) is 4.90 Å². The van der Waals surface area contributed by atoms with Crippen molar-refractivity contribution < 1.29 is 19.1 Å². The number of hydrogen-bond acceptors (Lipinski definition) is 5. The summed E-state index contributed by atoms with van der Waals surface area (Å²) < 4.78 is 10.8. The Labute approximate surface area is 137 Å². The fourth-order valence-corrected chi connectivity index (χ4v) is 2.99. The second kappa shape index (κ2) is 7.13. The molecule has 1 aliphatic heterocycles. The van der Waals surface area contributed by atoms with Gasteiger partial charge in [-0.1, -0.05) is 37.3 Å². The van der Waals surface area contributed by atoms with Crippen molar-refractivity contribution in [2.75, 3.05) is 19.6 Å². The van der Waals surface area contributed by atoms with Gasteiger partial charge in [0, 0.05) is 26.1 Å². The monoisotopic (exact) mass is 318 g/mol. The van der Waals surface area contributed by atoms with Crippen molar-refractivity contribution in [2.45, 2.75) is 44.8 Å². The first-order valence-corrected chi connectivity index (χ1v) is 7.96. The van der Waals surface area contributed by atoms with Crippen molar-refractivity contribution >= 4 is 12.4 Å². The van der Waals surface area contributed by atoms with Gasteiger partial charge in [-0.3, -0.25) is 9.69 Å². The van der Waals surface area contributed by atoms with E-state index >= 15 is 0 Å². The molecule has 1 aliphatic rings. The molecule has 125 valence electrons. The van der Waals surface area contributed by atoms with E-state index in [9.17, 15) is 9.59 Å². The van der Waals surface area contributed by atoms with Gasteiger partial charge in [0.1, 0.15) is 5.60 Å². The highest BCUT2D eigenvalue weighted by Gasteiger charge is 2.49. The lowest BCUT2D eigenvalue weighted by molar-refractivity contribution is -0.187. The molecule has 1 saturated heterocycles. The van der Waals surface area contributed by atoms with E-state index in [2.05, 4.69) is 4.90 Å². The fourth-order valence-electron chi connectivity index (χ4n) is 2.99. The van der Waals surface area contributed by atoms with Gasteiger partial charge in [-0.2, -0.15) is 0 Å². The quantitative estimate of drug-likeness (QED) is 0.689. The van der Waals surface area contributed by atoms with Crippen LogP contribution in [0, 0.1) is 0 Å². The minimum absolute atomic E-state index is 0.173. The Morgan fingerprint density at radius 3 is 2.52 bits per heavy atom. The number of ether oxygens (including phenoxy) is 2. The molecule has 0 atom stereocenters. The zero-order valence-electron chi connectivity index (χ0n) is 14.0. The van der Waals surface area contributed by atoms with Gasteiger partial charge in [0.2, 0.25) is 0 Å². The van der Waals surface area contributed by atoms with Crippen molar-refractivity contribution in [3.05, 3.63) is 35.9 Å². The van der Waals surface area contributed by atoms with Crippen LogP contribution in [-0.2, 0) is 24.7 Å². The molecule has 0 aliphatic carbocycles. The topological polar surface area (TPSA) is 55.8 Å². The third-order valence-electron chi connectivity index (χ3n) is 3.94. The predicted octanol–water partition coefficient (Wildman–Crippen LogP) is 2.40. The number of rotatable bonds is 8. The van der Waals surface area contributed by atoms with Crippen LogP contribution >= 0.6 is 0 Å². The summed E-state index contributed by atoms with van der Waals surface area (Å²) in [6.07, 6.45) is 1.19. The van der Waals surface area contributed by atoms with Crippen molar-refractivity contribution in [3.8, 4) is 0 Å². The van der Waals surface area contributed by atoms with E-state index in [-0.39, 0.29) is 5.97 Å². The molecule has 0 aromatic heterocycles. The van der Waals surface area contributed by atoms with Crippen LogP contribution in [0.5, 0.6) is 0 Å². The summed E-state index contributed by atoms with van der Waals surface area (Å²) >= 11 is 0. The number of benzene rings is 1. The molecule has 23 heavy (non-hydrogen) atoms. The highest BCUT2D eigenvalue weighted by molar-refractivity contribution is 5.70. The van der Waals surface area contributed by atoms with Crippen molar-refractivity contribution in [2.24, 2.45) is 0 Å². The molecular formula is C18H24NO4. The standard InChI is InChI=1S/C18H24NO4/c1-4-8-16(21)23-18(15-9-6-5-7-10-15)12-19(13-18)11-17(2,3)22-14-20/h5-7,9-10H,4,8,11-13H2,1-3H3. The first-order chi connectivity index (χ1) is 10.9. The molecule has 1 heterocycles. The SMILES string of the molecule is CCCC(=O)OC1(c2ccccc2)CN(CC(C)(C)O[C]=O)C1. The number of hydrogen-bond donors (Lipinski definition) is 0. The molecule has 2 rings (SSSR count). The summed E-state index contributed by atoms with van der Waals surface area (Å²) in [6.45, 7) is 8.89. The molecule has 1 fully saturated rings. The average molecular weight is 318 g/mol. The zero-order chi connectivity index (χ0) is 16.9. The molecule has 0 unspecified atom stereocenters. The van der Waals surface area contributed by atoms with Crippen LogP contribution < -0.4 is 0 Å². The second-order valence-electron chi connectivity index (χ2n) is 6.67. The summed E-state index contributed by atoms with van der Waals surface area (Å²) in [7, 11) is 0. The van der Waals surface area contributed by atoms with Gasteiger partial charge in [0.15, 0.2) is 5.60 Å². The van der Waals surface area contributed by atoms with E-state index < -0.39 is 11.2 Å². The van der Waals surface area contributed by atoms with E-state index in [1.165, 1.54) is 6.47 Å². The minimum Gasteiger partial charge on any atom is -0.451 e. The first kappa shape index (κ1) is 17.5. The summed E-state index contributed by atoms with van der Waals surface area (Å²) in [4.78, 5) is 24.6. The van der Waals surface area contributed by atoms with E-state index in [0.29, 0.717) is 26.1 Å². The summed E-state index contributed by atoms with van der Waals surface area (Å²) in [5.74, 6) is -0.173. The number of likely N-dealkylation sites (tertiary alicyclic amines) is 1. The summed E-state index contributed by atoms with van der Waals surface area (Å²) in [5, 5.41) is 0. The first-order valence-electron chi connectivity index (χ1n) is 7.96. The maximum absolute atomic E-state index is 12.0. The molecule has 0 bridgehead atoms. The van der Waals surface area contributed by atoms with Gasteiger partial charge in [0.05, 0.1) is 0 Å². The molecule has 0 N–H and O–H groups in total. The Hall–Kier alpha value is -1.88. The Balaban J connectivity index is 2.07. The van der Waals surface area contributed by atoms with Gasteiger partial charge in [-0.25, -0.2) is 4.79 Å². The third-order valence-corrected chi connectivity index (χ3v) is 3.94.